The molecular weight excluding hydrogens is 424 g/mol. The van der Waals surface area contributed by atoms with Crippen LogP contribution < -0.4 is 19.1 Å². The number of methoxy groups -OCH3 is 3. The number of amides is 1. The number of rotatable bonds is 6. The summed E-state index contributed by atoms with van der Waals surface area (Å²) in [5.74, 6) is -0.473. The highest BCUT2D eigenvalue weighted by atomic mass is 32.2. The van der Waals surface area contributed by atoms with Crippen LogP contribution in [-0.4, -0.2) is 53.9 Å². The number of esters is 1. The third kappa shape index (κ3) is 4.29. The van der Waals surface area contributed by atoms with E-state index in [1.54, 1.807) is 18.2 Å². The Labute approximate surface area is 181 Å². The number of carbonyl (C=O) groups is 2. The van der Waals surface area contributed by atoms with Gasteiger partial charge in [-0.25, -0.2) is 13.2 Å². The largest absolute Gasteiger partial charge is 0.493 e. The number of hydrogen-bond donors (Lipinski definition) is 1. The zero-order valence-electron chi connectivity index (χ0n) is 17.9. The van der Waals surface area contributed by atoms with Crippen LogP contribution in [0.3, 0.4) is 0 Å². The third-order valence-corrected chi connectivity index (χ3v) is 6.30. The van der Waals surface area contributed by atoms with Gasteiger partial charge < -0.3 is 19.5 Å². The summed E-state index contributed by atoms with van der Waals surface area (Å²) < 4.78 is 40.8. The predicted molar refractivity (Wildman–Crippen MR) is 116 cm³/mol. The van der Waals surface area contributed by atoms with Gasteiger partial charge >= 0.3 is 5.97 Å². The van der Waals surface area contributed by atoms with E-state index in [1.807, 2.05) is 6.92 Å². The molecule has 0 aliphatic carbocycles. The van der Waals surface area contributed by atoms with Crippen molar-refractivity contribution < 1.29 is 32.2 Å². The summed E-state index contributed by atoms with van der Waals surface area (Å²) in [4.78, 5) is 25.1. The summed E-state index contributed by atoms with van der Waals surface area (Å²) in [5, 5.41) is 2.70. The molecule has 0 fully saturated rings. The summed E-state index contributed by atoms with van der Waals surface area (Å²) in [5.41, 5.74) is 1.94. The summed E-state index contributed by atoms with van der Waals surface area (Å²) in [7, 11) is 0.686. The van der Waals surface area contributed by atoms with Crippen LogP contribution in [0.25, 0.3) is 0 Å². The van der Waals surface area contributed by atoms with Gasteiger partial charge in [-0.15, -0.1) is 0 Å². The molecule has 0 radical (unpaired) electrons. The number of benzene rings is 2. The van der Waals surface area contributed by atoms with Crippen molar-refractivity contribution in [2.75, 3.05) is 37.2 Å². The molecule has 0 saturated heterocycles. The van der Waals surface area contributed by atoms with E-state index in [1.165, 1.54) is 37.8 Å². The fourth-order valence-corrected chi connectivity index (χ4v) is 4.97. The van der Waals surface area contributed by atoms with Crippen molar-refractivity contribution >= 4 is 33.3 Å². The topological polar surface area (TPSA) is 111 Å². The van der Waals surface area contributed by atoms with Crippen LogP contribution in [0, 0.1) is 0 Å². The number of nitrogens with zero attached hydrogens (tertiary/aromatic N) is 1. The quantitative estimate of drug-likeness (QED) is 0.676. The minimum absolute atomic E-state index is 0.103. The molecule has 2 aromatic carbocycles. The van der Waals surface area contributed by atoms with Gasteiger partial charge in [0.2, 0.25) is 10.0 Å². The maximum Gasteiger partial charge on any atom is 0.340 e. The van der Waals surface area contributed by atoms with Crippen molar-refractivity contribution in [2.45, 2.75) is 19.4 Å². The van der Waals surface area contributed by atoms with Gasteiger partial charge in [0.15, 0.2) is 11.5 Å². The van der Waals surface area contributed by atoms with Crippen molar-refractivity contribution in [3.63, 3.8) is 0 Å². The second-order valence-electron chi connectivity index (χ2n) is 7.15. The molecule has 2 aromatic rings. The third-order valence-electron chi connectivity index (χ3n) is 5.03. The summed E-state index contributed by atoms with van der Waals surface area (Å²) in [6.45, 7) is 1.81. The van der Waals surface area contributed by atoms with Crippen LogP contribution in [0.4, 0.5) is 11.4 Å². The predicted octanol–water partition coefficient (Wildman–Crippen LogP) is 2.45. The van der Waals surface area contributed by atoms with Gasteiger partial charge in [-0.05, 0) is 37.1 Å². The van der Waals surface area contributed by atoms with Crippen molar-refractivity contribution in [3.05, 3.63) is 47.0 Å². The average molecular weight is 448 g/mol. The van der Waals surface area contributed by atoms with Gasteiger partial charge in [-0.1, -0.05) is 0 Å². The van der Waals surface area contributed by atoms with Gasteiger partial charge in [0.25, 0.3) is 5.91 Å². The lowest BCUT2D eigenvalue weighted by Crippen LogP contribution is -2.34. The Kier molecular flexibility index (Phi) is 6.12. The lowest BCUT2D eigenvalue weighted by Gasteiger charge is -2.22. The van der Waals surface area contributed by atoms with E-state index >= 15 is 0 Å². The minimum atomic E-state index is -3.42. The molecule has 166 valence electrons. The van der Waals surface area contributed by atoms with Gasteiger partial charge in [-0.3, -0.25) is 9.10 Å². The van der Waals surface area contributed by atoms with Crippen molar-refractivity contribution in [1.29, 1.82) is 0 Å². The fraction of sp³-hybridized carbons (Fsp3) is 0.333. The van der Waals surface area contributed by atoms with E-state index in [0.29, 0.717) is 29.2 Å². The maximum absolute atomic E-state index is 12.9. The first kappa shape index (κ1) is 22.4. The van der Waals surface area contributed by atoms with Crippen LogP contribution in [0.15, 0.2) is 30.3 Å². The molecule has 9 nitrogen and oxygen atoms in total. The number of hydrogen-bond acceptors (Lipinski definition) is 7. The number of carbonyl (C=O) groups excluding carboxylic acids is 2. The maximum atomic E-state index is 12.9. The summed E-state index contributed by atoms with van der Waals surface area (Å²) in [6.07, 6.45) is 1.65. The first-order valence-corrected chi connectivity index (χ1v) is 11.2. The Balaban J connectivity index is 1.96. The van der Waals surface area contributed by atoms with E-state index in [0.717, 1.165) is 11.8 Å². The van der Waals surface area contributed by atoms with E-state index in [-0.39, 0.29) is 17.3 Å². The highest BCUT2D eigenvalue weighted by Gasteiger charge is 2.33. The summed E-state index contributed by atoms with van der Waals surface area (Å²) in [6, 6.07) is 7.48. The van der Waals surface area contributed by atoms with Crippen molar-refractivity contribution in [2.24, 2.45) is 0 Å². The van der Waals surface area contributed by atoms with Crippen LogP contribution in [-0.2, 0) is 21.2 Å². The van der Waals surface area contributed by atoms with E-state index in [2.05, 4.69) is 5.32 Å². The molecule has 1 N–H and O–H groups in total. The molecule has 0 saturated carbocycles. The van der Waals surface area contributed by atoms with E-state index in [4.69, 9.17) is 14.2 Å². The number of sulfonamides is 1. The Hall–Kier alpha value is -3.27. The monoisotopic (exact) mass is 448 g/mol. The molecule has 0 spiro atoms. The molecule has 1 atom stereocenters. The first-order valence-electron chi connectivity index (χ1n) is 9.38. The fourth-order valence-electron chi connectivity index (χ4n) is 3.71. The lowest BCUT2D eigenvalue weighted by atomic mass is 10.1. The van der Waals surface area contributed by atoms with Crippen LogP contribution in [0.1, 0.15) is 33.2 Å². The average Bonchev–Trinajstić information content (AvgIpc) is 3.07. The highest BCUT2D eigenvalue weighted by Crippen LogP contribution is 2.36. The molecule has 0 aromatic heterocycles. The van der Waals surface area contributed by atoms with Crippen LogP contribution in [0.2, 0.25) is 0 Å². The summed E-state index contributed by atoms with van der Waals surface area (Å²) >= 11 is 0. The minimum Gasteiger partial charge on any atom is -0.493 e. The molecule has 1 heterocycles. The van der Waals surface area contributed by atoms with Gasteiger partial charge in [0.1, 0.15) is 0 Å². The molecular formula is C21H24N2O7S. The van der Waals surface area contributed by atoms with E-state index < -0.39 is 21.9 Å². The molecule has 1 amide bonds. The van der Waals surface area contributed by atoms with Crippen molar-refractivity contribution in [1.82, 2.24) is 0 Å². The number of nitrogens with one attached hydrogen (secondary N) is 1. The number of fused-ring (bicyclic) bond motifs is 1. The number of anilines is 2. The Morgan fingerprint density at radius 2 is 1.71 bits per heavy atom. The molecule has 1 unspecified atom stereocenters. The standard InChI is InChI=1S/C21H24N2O7S/c1-12-8-14-9-13(6-7-17(14)23(12)31(5,26)27)20(24)22-16-11-19(29-3)18(28-2)10-15(16)21(25)30-4/h6-7,9-12H,8H2,1-5H3,(H,22,24). The zero-order chi connectivity index (χ0) is 22.9. The first-order chi connectivity index (χ1) is 14.6. The van der Waals surface area contributed by atoms with E-state index in [9.17, 15) is 18.0 Å². The molecule has 0 bridgehead atoms. The Bertz CT molecular complexity index is 1140. The highest BCUT2D eigenvalue weighted by molar-refractivity contribution is 7.92. The molecule has 31 heavy (non-hydrogen) atoms. The Morgan fingerprint density at radius 3 is 2.29 bits per heavy atom. The van der Waals surface area contributed by atoms with Gasteiger partial charge in [-0.2, -0.15) is 0 Å². The van der Waals surface area contributed by atoms with Crippen LogP contribution >= 0.6 is 0 Å². The number of ether oxygens (including phenoxy) is 3. The van der Waals surface area contributed by atoms with Crippen LogP contribution in [0.5, 0.6) is 11.5 Å². The molecule has 1 aliphatic rings. The normalized spacial score (nSPS) is 15.3. The zero-order valence-corrected chi connectivity index (χ0v) is 18.7. The SMILES string of the molecule is COC(=O)c1cc(OC)c(OC)cc1NC(=O)c1ccc2c(c1)CC(C)N2S(C)(=O)=O. The molecule has 1 aliphatic heterocycles. The second kappa shape index (κ2) is 8.46. The van der Waals surface area contributed by atoms with Crippen molar-refractivity contribution in [3.8, 4) is 11.5 Å². The Morgan fingerprint density at radius 1 is 1.06 bits per heavy atom. The molecule has 3 rings (SSSR count). The van der Waals surface area contributed by atoms with Gasteiger partial charge in [0.05, 0.1) is 44.5 Å². The second-order valence-corrected chi connectivity index (χ2v) is 9.01. The smallest absolute Gasteiger partial charge is 0.340 e. The lowest BCUT2D eigenvalue weighted by molar-refractivity contribution is 0.0601. The van der Waals surface area contributed by atoms with Gasteiger partial charge in [0, 0.05) is 23.7 Å². The molecule has 10 heteroatoms.